The minimum Gasteiger partial charge on any atom is -0.395 e. The lowest BCUT2D eigenvalue weighted by atomic mass is 10.3. The van der Waals surface area contributed by atoms with Gasteiger partial charge in [-0.1, -0.05) is 13.8 Å². The molecule has 0 aliphatic rings. The molecule has 0 saturated heterocycles. The van der Waals surface area contributed by atoms with Gasteiger partial charge in [0.2, 0.25) is 0 Å². The van der Waals surface area contributed by atoms with Crippen LogP contribution in [0.5, 0.6) is 0 Å². The van der Waals surface area contributed by atoms with Crippen molar-refractivity contribution >= 4 is 44.9 Å². The summed E-state index contributed by atoms with van der Waals surface area (Å²) >= 11 is 3.65. The van der Waals surface area contributed by atoms with Gasteiger partial charge >= 0.3 is 0 Å². The van der Waals surface area contributed by atoms with Crippen molar-refractivity contribution in [2.45, 2.75) is 25.0 Å². The molecule has 3 aromatic heterocycles. The predicted octanol–water partition coefficient (Wildman–Crippen LogP) is 3.40. The van der Waals surface area contributed by atoms with E-state index in [-0.39, 0.29) is 6.61 Å². The molecule has 0 amide bonds. The highest BCUT2D eigenvalue weighted by Crippen LogP contribution is 2.35. The number of thiophene rings is 1. The molecule has 0 aliphatic carbocycles. The van der Waals surface area contributed by atoms with Gasteiger partial charge in [-0.05, 0) is 18.9 Å². The zero-order chi connectivity index (χ0) is 15.7. The molecule has 22 heavy (non-hydrogen) atoms. The summed E-state index contributed by atoms with van der Waals surface area (Å²) in [6.45, 7) is 7.06. The highest BCUT2D eigenvalue weighted by molar-refractivity contribution is 8.01. The van der Waals surface area contributed by atoms with Gasteiger partial charge < -0.3 is 10.4 Å². The molecule has 3 aromatic rings. The zero-order valence-corrected chi connectivity index (χ0v) is 14.6. The molecule has 0 saturated carbocycles. The molecule has 7 heteroatoms. The number of aromatic nitrogens is 3. The van der Waals surface area contributed by atoms with Crippen LogP contribution in [0.4, 0.5) is 5.82 Å². The summed E-state index contributed by atoms with van der Waals surface area (Å²) in [4.78, 5) is 10.3. The number of aliphatic hydroxyl groups is 1. The monoisotopic (exact) mass is 336 g/mol. The maximum atomic E-state index is 9.03. The van der Waals surface area contributed by atoms with Gasteiger partial charge in [-0.15, -0.1) is 23.1 Å². The van der Waals surface area contributed by atoms with Crippen molar-refractivity contribution in [2.75, 3.05) is 24.2 Å². The molecule has 0 atom stereocenters. The molecule has 118 valence electrons. The summed E-state index contributed by atoms with van der Waals surface area (Å²) in [6.07, 6.45) is 1.86. The van der Waals surface area contributed by atoms with Crippen LogP contribution in [-0.2, 0) is 0 Å². The number of aryl methyl sites for hydroxylation is 1. The number of fused-ring (bicyclic) bond motifs is 3. The van der Waals surface area contributed by atoms with E-state index in [2.05, 4.69) is 41.5 Å². The lowest BCUT2D eigenvalue weighted by Crippen LogP contribution is -2.08. The van der Waals surface area contributed by atoms with Crippen LogP contribution >= 0.6 is 23.1 Å². The number of nitrogens with one attached hydrogen (secondary N) is 1. The zero-order valence-electron chi connectivity index (χ0n) is 13.0. The van der Waals surface area contributed by atoms with Gasteiger partial charge in [-0.25, -0.2) is 9.97 Å². The molecule has 0 aromatic carbocycles. The number of hydrogen-bond acceptors (Lipinski definition) is 6. The molecule has 0 spiro atoms. The van der Waals surface area contributed by atoms with Crippen molar-refractivity contribution in [3.05, 3.63) is 18.0 Å². The Labute approximate surface area is 137 Å². The van der Waals surface area contributed by atoms with E-state index in [1.165, 1.54) is 4.21 Å². The maximum absolute atomic E-state index is 9.03. The van der Waals surface area contributed by atoms with Crippen molar-refractivity contribution in [3.63, 3.8) is 0 Å². The summed E-state index contributed by atoms with van der Waals surface area (Å²) in [6, 6.07) is 2.15. The predicted molar refractivity (Wildman–Crippen MR) is 94.2 cm³/mol. The lowest BCUT2D eigenvalue weighted by molar-refractivity contribution is 0.311. The second kappa shape index (κ2) is 6.44. The molecule has 0 aliphatic heterocycles. The van der Waals surface area contributed by atoms with Crippen molar-refractivity contribution in [1.29, 1.82) is 0 Å². The van der Waals surface area contributed by atoms with E-state index in [4.69, 9.17) is 10.1 Å². The van der Waals surface area contributed by atoms with Gasteiger partial charge in [0.05, 0.1) is 10.8 Å². The van der Waals surface area contributed by atoms with E-state index in [0.29, 0.717) is 12.5 Å². The summed E-state index contributed by atoms with van der Waals surface area (Å²) in [5, 5.41) is 12.2. The number of aliphatic hydroxyl groups excluding tert-OH is 1. The number of imidazole rings is 1. The molecule has 0 fully saturated rings. The van der Waals surface area contributed by atoms with Gasteiger partial charge in [0.15, 0.2) is 11.5 Å². The van der Waals surface area contributed by atoms with Crippen molar-refractivity contribution in [1.82, 2.24) is 14.4 Å². The van der Waals surface area contributed by atoms with Crippen LogP contribution in [0.3, 0.4) is 0 Å². The first-order chi connectivity index (χ1) is 10.6. The summed E-state index contributed by atoms with van der Waals surface area (Å²) < 4.78 is 3.43. The van der Waals surface area contributed by atoms with E-state index >= 15 is 0 Å². The average molecular weight is 336 g/mol. The van der Waals surface area contributed by atoms with E-state index in [1.807, 2.05) is 18.0 Å². The Kier molecular flexibility index (Phi) is 4.56. The highest BCUT2D eigenvalue weighted by Gasteiger charge is 2.14. The lowest BCUT2D eigenvalue weighted by Gasteiger charge is -2.06. The number of hydrogen-bond donors (Lipinski definition) is 2. The minimum atomic E-state index is 0.0741. The minimum absolute atomic E-state index is 0.0741. The van der Waals surface area contributed by atoms with Crippen molar-refractivity contribution in [2.24, 2.45) is 5.92 Å². The van der Waals surface area contributed by atoms with E-state index < -0.39 is 0 Å². The normalized spacial score (nSPS) is 11.9. The fourth-order valence-corrected chi connectivity index (χ4v) is 4.50. The Morgan fingerprint density at radius 2 is 2.27 bits per heavy atom. The Morgan fingerprint density at radius 1 is 1.45 bits per heavy atom. The Balaban J connectivity index is 2.09. The number of anilines is 1. The molecule has 3 heterocycles. The molecule has 0 radical (unpaired) electrons. The SMILES string of the molecule is Cc1cnc2c(NCCO)nc3cc(SCC(C)C)sc3n12. The van der Waals surface area contributed by atoms with Crippen LogP contribution in [0.25, 0.3) is 16.0 Å². The number of nitrogens with zero attached hydrogens (tertiary/aromatic N) is 3. The van der Waals surface area contributed by atoms with Crippen LogP contribution in [0.1, 0.15) is 19.5 Å². The standard InChI is InChI=1S/C15H20N4OS2/c1-9(2)8-21-12-6-11-15(22-12)19-10(3)7-17-14(19)13(18-11)16-4-5-20/h6-7,9,20H,4-5,8H2,1-3H3,(H,16,18). The third-order valence-electron chi connectivity index (χ3n) is 3.22. The summed E-state index contributed by atoms with van der Waals surface area (Å²) in [7, 11) is 0. The van der Waals surface area contributed by atoms with Crippen LogP contribution in [-0.4, -0.2) is 38.4 Å². The van der Waals surface area contributed by atoms with Gasteiger partial charge in [-0.2, -0.15) is 0 Å². The number of rotatable bonds is 6. The second-order valence-electron chi connectivity index (χ2n) is 5.63. The quantitative estimate of drug-likeness (QED) is 0.676. The third-order valence-corrected chi connectivity index (χ3v) is 5.96. The first kappa shape index (κ1) is 15.6. The first-order valence-electron chi connectivity index (χ1n) is 7.35. The smallest absolute Gasteiger partial charge is 0.181 e. The van der Waals surface area contributed by atoms with Crippen molar-refractivity contribution < 1.29 is 5.11 Å². The largest absolute Gasteiger partial charge is 0.395 e. The fraction of sp³-hybridized carbons (Fsp3) is 0.467. The van der Waals surface area contributed by atoms with Gasteiger partial charge in [-0.3, -0.25) is 4.40 Å². The molecule has 3 rings (SSSR count). The number of thioether (sulfide) groups is 1. The molecular weight excluding hydrogens is 316 g/mol. The molecular formula is C15H20N4OS2. The summed E-state index contributed by atoms with van der Waals surface area (Å²) in [5.41, 5.74) is 2.89. The van der Waals surface area contributed by atoms with Crippen LogP contribution in [0.2, 0.25) is 0 Å². The van der Waals surface area contributed by atoms with E-state index in [1.54, 1.807) is 11.3 Å². The maximum Gasteiger partial charge on any atom is 0.181 e. The Hall–Kier alpha value is -1.31. The van der Waals surface area contributed by atoms with Crippen LogP contribution < -0.4 is 5.32 Å². The second-order valence-corrected chi connectivity index (χ2v) is 7.98. The Bertz CT molecular complexity index is 794. The first-order valence-corrected chi connectivity index (χ1v) is 9.15. The van der Waals surface area contributed by atoms with Gasteiger partial charge in [0.1, 0.15) is 10.3 Å². The molecule has 2 N–H and O–H groups in total. The highest BCUT2D eigenvalue weighted by atomic mass is 32.2. The molecule has 0 bridgehead atoms. The fourth-order valence-electron chi connectivity index (χ4n) is 2.23. The molecule has 0 unspecified atom stereocenters. The average Bonchev–Trinajstić information content (AvgIpc) is 3.06. The Morgan fingerprint density at radius 3 is 3.00 bits per heavy atom. The van der Waals surface area contributed by atoms with Crippen LogP contribution in [0, 0.1) is 12.8 Å². The van der Waals surface area contributed by atoms with Gasteiger partial charge in [0, 0.05) is 24.2 Å². The third kappa shape index (κ3) is 2.93. The molecule has 5 nitrogen and oxygen atoms in total. The topological polar surface area (TPSA) is 62.5 Å². The van der Waals surface area contributed by atoms with Gasteiger partial charge in [0.25, 0.3) is 0 Å². The van der Waals surface area contributed by atoms with E-state index in [0.717, 1.165) is 33.3 Å². The van der Waals surface area contributed by atoms with E-state index in [9.17, 15) is 0 Å². The summed E-state index contributed by atoms with van der Waals surface area (Å²) in [5.74, 6) is 2.50. The van der Waals surface area contributed by atoms with Crippen molar-refractivity contribution in [3.8, 4) is 0 Å². The van der Waals surface area contributed by atoms with Crippen LogP contribution in [0.15, 0.2) is 16.5 Å².